The van der Waals surface area contributed by atoms with Gasteiger partial charge in [-0.2, -0.15) is 0 Å². The van der Waals surface area contributed by atoms with Crippen molar-refractivity contribution in [3.05, 3.63) is 0 Å². The molecule has 4 nitrogen and oxygen atoms in total. The average molecular weight is 242 g/mol. The summed E-state index contributed by atoms with van der Waals surface area (Å²) >= 11 is 0. The second kappa shape index (κ2) is 6.97. The Balaban J connectivity index is 2.44. The molecule has 0 aromatic carbocycles. The van der Waals surface area contributed by atoms with E-state index in [2.05, 4.69) is 6.92 Å². The number of carbonyl (C=O) groups excluding carboxylic acids is 1. The third-order valence-corrected chi connectivity index (χ3v) is 3.80. The number of hydrogen-bond acceptors (Lipinski definition) is 3. The molecule has 1 amide bonds. The van der Waals surface area contributed by atoms with Crippen LogP contribution < -0.4 is 5.73 Å². The first-order valence-corrected chi connectivity index (χ1v) is 6.77. The molecule has 100 valence electrons. The molecule has 0 spiro atoms. The Hall–Kier alpha value is -0.610. The van der Waals surface area contributed by atoms with Gasteiger partial charge >= 0.3 is 0 Å². The molecular weight excluding hydrogens is 216 g/mol. The number of carbonyl (C=O) groups is 1. The molecule has 1 aliphatic rings. The highest BCUT2D eigenvalue weighted by Gasteiger charge is 2.28. The number of piperidine rings is 1. The Morgan fingerprint density at radius 2 is 2.06 bits per heavy atom. The SMILES string of the molecule is CCCC(CN)C(=O)N1CCC(C(C)O)CC1. The Bertz CT molecular complexity index is 236. The van der Waals surface area contributed by atoms with Gasteiger partial charge in [-0.1, -0.05) is 13.3 Å². The third-order valence-electron chi connectivity index (χ3n) is 3.80. The molecule has 0 radical (unpaired) electrons. The van der Waals surface area contributed by atoms with Crippen LogP contribution in [0.1, 0.15) is 39.5 Å². The van der Waals surface area contributed by atoms with Crippen LogP contribution in [-0.2, 0) is 4.79 Å². The molecule has 0 aromatic rings. The molecule has 2 unspecified atom stereocenters. The lowest BCUT2D eigenvalue weighted by Gasteiger charge is -2.35. The molecule has 0 bridgehead atoms. The Kier molecular flexibility index (Phi) is 5.92. The van der Waals surface area contributed by atoms with Gasteiger partial charge in [0, 0.05) is 19.6 Å². The van der Waals surface area contributed by atoms with E-state index in [0.29, 0.717) is 12.5 Å². The van der Waals surface area contributed by atoms with Crippen LogP contribution in [0.4, 0.5) is 0 Å². The normalized spacial score (nSPS) is 21.3. The zero-order valence-corrected chi connectivity index (χ0v) is 11.1. The average Bonchev–Trinajstić information content (AvgIpc) is 2.35. The van der Waals surface area contributed by atoms with E-state index in [1.807, 2.05) is 11.8 Å². The van der Waals surface area contributed by atoms with Crippen molar-refractivity contribution in [1.82, 2.24) is 4.90 Å². The van der Waals surface area contributed by atoms with E-state index in [1.54, 1.807) is 0 Å². The Morgan fingerprint density at radius 1 is 1.47 bits per heavy atom. The van der Waals surface area contributed by atoms with E-state index in [-0.39, 0.29) is 17.9 Å². The van der Waals surface area contributed by atoms with Gasteiger partial charge in [0.05, 0.1) is 12.0 Å². The summed E-state index contributed by atoms with van der Waals surface area (Å²) in [5, 5.41) is 9.52. The first-order chi connectivity index (χ1) is 8.10. The standard InChI is InChI=1S/C13H26N2O2/c1-3-4-12(9-14)13(17)15-7-5-11(6-8-15)10(2)16/h10-12,16H,3-9,14H2,1-2H3. The van der Waals surface area contributed by atoms with Crippen LogP contribution in [0.2, 0.25) is 0 Å². The molecule has 0 aromatic heterocycles. The maximum Gasteiger partial charge on any atom is 0.226 e. The lowest BCUT2D eigenvalue weighted by molar-refractivity contribution is -0.137. The molecule has 17 heavy (non-hydrogen) atoms. The number of aliphatic hydroxyl groups excluding tert-OH is 1. The van der Waals surface area contributed by atoms with Crippen LogP contribution in [0, 0.1) is 11.8 Å². The predicted molar refractivity (Wildman–Crippen MR) is 68.4 cm³/mol. The maximum atomic E-state index is 12.2. The second-order valence-electron chi connectivity index (χ2n) is 5.12. The summed E-state index contributed by atoms with van der Waals surface area (Å²) in [5.41, 5.74) is 5.65. The van der Waals surface area contributed by atoms with Gasteiger partial charge in [0.15, 0.2) is 0 Å². The van der Waals surface area contributed by atoms with Crippen molar-refractivity contribution in [3.8, 4) is 0 Å². The zero-order chi connectivity index (χ0) is 12.8. The van der Waals surface area contributed by atoms with Crippen molar-refractivity contribution in [2.75, 3.05) is 19.6 Å². The predicted octanol–water partition coefficient (Wildman–Crippen LogP) is 0.981. The molecule has 0 saturated carbocycles. The van der Waals surface area contributed by atoms with E-state index in [4.69, 9.17) is 5.73 Å². The minimum absolute atomic E-state index is 0.0110. The lowest BCUT2D eigenvalue weighted by atomic mass is 9.91. The second-order valence-corrected chi connectivity index (χ2v) is 5.12. The Labute approximate surface area is 104 Å². The van der Waals surface area contributed by atoms with Crippen LogP contribution in [0.15, 0.2) is 0 Å². The van der Waals surface area contributed by atoms with Gasteiger partial charge in [0.1, 0.15) is 0 Å². The summed E-state index contributed by atoms with van der Waals surface area (Å²) < 4.78 is 0. The summed E-state index contributed by atoms with van der Waals surface area (Å²) in [6.07, 6.45) is 3.44. The summed E-state index contributed by atoms with van der Waals surface area (Å²) in [4.78, 5) is 14.1. The van der Waals surface area contributed by atoms with Gasteiger partial charge in [-0.05, 0) is 32.1 Å². The van der Waals surface area contributed by atoms with E-state index in [9.17, 15) is 9.90 Å². The maximum absolute atomic E-state index is 12.2. The summed E-state index contributed by atoms with van der Waals surface area (Å²) in [7, 11) is 0. The van der Waals surface area contributed by atoms with Crippen LogP contribution >= 0.6 is 0 Å². The van der Waals surface area contributed by atoms with E-state index in [0.717, 1.165) is 38.8 Å². The number of aliphatic hydroxyl groups is 1. The number of rotatable bonds is 5. The minimum atomic E-state index is -0.256. The fourth-order valence-electron chi connectivity index (χ4n) is 2.55. The molecule has 0 aliphatic carbocycles. The van der Waals surface area contributed by atoms with E-state index in [1.165, 1.54) is 0 Å². The van der Waals surface area contributed by atoms with Crippen molar-refractivity contribution < 1.29 is 9.90 Å². The van der Waals surface area contributed by atoms with Gasteiger partial charge in [0.2, 0.25) is 5.91 Å². The summed E-state index contributed by atoms with van der Waals surface area (Å²) in [6, 6.07) is 0. The number of likely N-dealkylation sites (tertiary alicyclic amines) is 1. The van der Waals surface area contributed by atoms with Crippen molar-refractivity contribution in [1.29, 1.82) is 0 Å². The smallest absolute Gasteiger partial charge is 0.226 e. The first-order valence-electron chi connectivity index (χ1n) is 6.77. The molecule has 1 saturated heterocycles. The first kappa shape index (κ1) is 14.5. The summed E-state index contributed by atoms with van der Waals surface area (Å²) in [5.74, 6) is 0.544. The van der Waals surface area contributed by atoms with Crippen molar-refractivity contribution in [3.63, 3.8) is 0 Å². The van der Waals surface area contributed by atoms with Gasteiger partial charge in [-0.3, -0.25) is 4.79 Å². The van der Waals surface area contributed by atoms with Gasteiger partial charge < -0.3 is 15.7 Å². The number of nitrogens with two attached hydrogens (primary N) is 1. The van der Waals surface area contributed by atoms with Crippen LogP contribution in [0.25, 0.3) is 0 Å². The van der Waals surface area contributed by atoms with Crippen LogP contribution in [-0.4, -0.2) is 41.7 Å². The van der Waals surface area contributed by atoms with E-state index < -0.39 is 0 Å². The number of amides is 1. The Morgan fingerprint density at radius 3 is 2.47 bits per heavy atom. The molecule has 1 fully saturated rings. The van der Waals surface area contributed by atoms with Crippen LogP contribution in [0.3, 0.4) is 0 Å². The van der Waals surface area contributed by atoms with E-state index >= 15 is 0 Å². The molecule has 1 aliphatic heterocycles. The van der Waals surface area contributed by atoms with Gasteiger partial charge in [-0.15, -0.1) is 0 Å². The fourth-order valence-corrected chi connectivity index (χ4v) is 2.55. The molecule has 3 N–H and O–H groups in total. The van der Waals surface area contributed by atoms with Crippen molar-refractivity contribution in [2.24, 2.45) is 17.6 Å². The highest BCUT2D eigenvalue weighted by atomic mass is 16.3. The highest BCUT2D eigenvalue weighted by molar-refractivity contribution is 5.79. The quantitative estimate of drug-likeness (QED) is 0.755. The number of hydrogen-bond donors (Lipinski definition) is 2. The highest BCUT2D eigenvalue weighted by Crippen LogP contribution is 2.22. The summed E-state index contributed by atoms with van der Waals surface area (Å²) in [6.45, 7) is 5.91. The minimum Gasteiger partial charge on any atom is -0.393 e. The topological polar surface area (TPSA) is 66.6 Å². The fraction of sp³-hybridized carbons (Fsp3) is 0.923. The van der Waals surface area contributed by atoms with Gasteiger partial charge in [0.25, 0.3) is 0 Å². The molecule has 1 heterocycles. The largest absolute Gasteiger partial charge is 0.393 e. The monoisotopic (exact) mass is 242 g/mol. The molecular formula is C13H26N2O2. The third kappa shape index (κ3) is 3.96. The number of nitrogens with zero attached hydrogens (tertiary/aromatic N) is 1. The zero-order valence-electron chi connectivity index (χ0n) is 11.1. The molecule has 4 heteroatoms. The molecule has 1 rings (SSSR count). The van der Waals surface area contributed by atoms with Gasteiger partial charge in [-0.25, -0.2) is 0 Å². The van der Waals surface area contributed by atoms with Crippen molar-refractivity contribution >= 4 is 5.91 Å². The van der Waals surface area contributed by atoms with Crippen molar-refractivity contribution in [2.45, 2.75) is 45.6 Å². The van der Waals surface area contributed by atoms with Crippen LogP contribution in [0.5, 0.6) is 0 Å². The molecule has 2 atom stereocenters. The lowest BCUT2D eigenvalue weighted by Crippen LogP contribution is -2.45.